The Hall–Kier alpha value is -2.83. The number of rotatable bonds is 5. The summed E-state index contributed by atoms with van der Waals surface area (Å²) in [4.78, 5) is 32.8. The number of piperazine rings is 1. The zero-order valence-electron chi connectivity index (χ0n) is 18.0. The molecular formula is C24H26ClN3O3. The zero-order valence-corrected chi connectivity index (χ0v) is 18.8. The van der Waals surface area contributed by atoms with Gasteiger partial charge in [-0.25, -0.2) is 4.90 Å². The molecular weight excluding hydrogens is 414 g/mol. The maximum atomic E-state index is 13.6. The molecule has 0 bridgehead atoms. The number of aryl methyl sites for hydroxylation is 1. The second kappa shape index (κ2) is 8.73. The first-order valence-corrected chi connectivity index (χ1v) is 10.8. The topological polar surface area (TPSA) is 53.1 Å². The molecule has 0 N–H and O–H groups in total. The van der Waals surface area contributed by atoms with Crippen molar-refractivity contribution in [1.29, 1.82) is 0 Å². The van der Waals surface area contributed by atoms with Crippen LogP contribution in [0.5, 0.6) is 5.75 Å². The summed E-state index contributed by atoms with van der Waals surface area (Å²) in [6, 6.07) is 12.6. The lowest BCUT2D eigenvalue weighted by molar-refractivity contribution is -0.120. The van der Waals surface area contributed by atoms with E-state index >= 15 is 0 Å². The van der Waals surface area contributed by atoms with Gasteiger partial charge >= 0.3 is 0 Å². The van der Waals surface area contributed by atoms with Crippen LogP contribution in [0.1, 0.15) is 18.1 Å². The van der Waals surface area contributed by atoms with Crippen LogP contribution >= 0.6 is 11.6 Å². The Labute approximate surface area is 187 Å². The van der Waals surface area contributed by atoms with Gasteiger partial charge in [0, 0.05) is 31.2 Å². The summed E-state index contributed by atoms with van der Waals surface area (Å²) in [5, 5.41) is 0.569. The highest BCUT2D eigenvalue weighted by Gasteiger charge is 2.43. The standard InChI is InChI=1S/C24H26ClN3O3/c1-4-31-19-8-5-17(6-9-19)21-22(27-13-11-26(3)12-14-27)24(30)28(23(21)29)20-10-7-18(25)15-16(20)2/h5-10,15H,4,11-14H2,1-3H3. The fraction of sp³-hybridized carbons (Fsp3) is 0.333. The number of hydrogen-bond donors (Lipinski definition) is 0. The van der Waals surface area contributed by atoms with E-state index in [9.17, 15) is 9.59 Å². The van der Waals surface area contributed by atoms with Crippen LogP contribution in [0.25, 0.3) is 5.57 Å². The van der Waals surface area contributed by atoms with Gasteiger partial charge in [0.1, 0.15) is 11.4 Å². The van der Waals surface area contributed by atoms with Crippen molar-refractivity contribution < 1.29 is 14.3 Å². The van der Waals surface area contributed by atoms with Gasteiger partial charge in [-0.15, -0.1) is 0 Å². The van der Waals surface area contributed by atoms with Crippen LogP contribution in [-0.2, 0) is 9.59 Å². The summed E-state index contributed by atoms with van der Waals surface area (Å²) < 4.78 is 5.54. The van der Waals surface area contributed by atoms with Gasteiger partial charge in [0.05, 0.1) is 17.9 Å². The highest BCUT2D eigenvalue weighted by atomic mass is 35.5. The highest BCUT2D eigenvalue weighted by Crippen LogP contribution is 2.37. The van der Waals surface area contributed by atoms with Crippen LogP contribution in [-0.4, -0.2) is 61.4 Å². The summed E-state index contributed by atoms with van der Waals surface area (Å²) >= 11 is 6.10. The molecule has 2 aromatic rings. The van der Waals surface area contributed by atoms with Gasteiger partial charge in [-0.3, -0.25) is 9.59 Å². The van der Waals surface area contributed by atoms with Crippen LogP contribution in [0.15, 0.2) is 48.2 Å². The number of carbonyl (C=O) groups is 2. The molecule has 2 aliphatic rings. The average Bonchev–Trinajstić information content (AvgIpc) is 3.00. The van der Waals surface area contributed by atoms with Crippen molar-refractivity contribution in [2.45, 2.75) is 13.8 Å². The second-order valence-electron chi connectivity index (χ2n) is 7.85. The number of carbonyl (C=O) groups excluding carboxylic acids is 2. The minimum atomic E-state index is -0.312. The van der Waals surface area contributed by atoms with E-state index in [2.05, 4.69) is 11.9 Å². The molecule has 0 saturated carbocycles. The largest absolute Gasteiger partial charge is 0.494 e. The number of halogens is 1. The van der Waals surface area contributed by atoms with Crippen LogP contribution in [0, 0.1) is 6.92 Å². The Morgan fingerprint density at radius 3 is 2.26 bits per heavy atom. The molecule has 31 heavy (non-hydrogen) atoms. The van der Waals surface area contributed by atoms with Gasteiger partial charge in [0.15, 0.2) is 0 Å². The van der Waals surface area contributed by atoms with Gasteiger partial charge in [-0.1, -0.05) is 23.7 Å². The van der Waals surface area contributed by atoms with Gasteiger partial charge in [-0.2, -0.15) is 0 Å². The van der Waals surface area contributed by atoms with E-state index in [-0.39, 0.29) is 11.8 Å². The van der Waals surface area contributed by atoms with Crippen molar-refractivity contribution in [2.75, 3.05) is 44.7 Å². The van der Waals surface area contributed by atoms with Crippen molar-refractivity contribution in [3.05, 3.63) is 64.3 Å². The normalized spacial score (nSPS) is 17.7. The second-order valence-corrected chi connectivity index (χ2v) is 8.28. The Kier molecular flexibility index (Phi) is 6.03. The van der Waals surface area contributed by atoms with Gasteiger partial charge in [0.25, 0.3) is 11.8 Å². The third-order valence-electron chi connectivity index (χ3n) is 5.73. The first kappa shape index (κ1) is 21.4. The average molecular weight is 440 g/mol. The van der Waals surface area contributed by atoms with Crippen LogP contribution in [0.2, 0.25) is 5.02 Å². The van der Waals surface area contributed by atoms with Crippen molar-refractivity contribution in [1.82, 2.24) is 9.80 Å². The Bertz CT molecular complexity index is 1040. The monoisotopic (exact) mass is 439 g/mol. The van der Waals surface area contributed by atoms with Crippen LogP contribution in [0.3, 0.4) is 0 Å². The molecule has 0 radical (unpaired) electrons. The van der Waals surface area contributed by atoms with Gasteiger partial charge in [0.2, 0.25) is 0 Å². The zero-order chi connectivity index (χ0) is 22.1. The highest BCUT2D eigenvalue weighted by molar-refractivity contribution is 6.45. The molecule has 162 valence electrons. The third-order valence-corrected chi connectivity index (χ3v) is 5.97. The van der Waals surface area contributed by atoms with Crippen LogP contribution in [0.4, 0.5) is 5.69 Å². The molecule has 0 atom stereocenters. The first-order chi connectivity index (χ1) is 14.9. The molecule has 0 spiro atoms. The summed E-state index contributed by atoms with van der Waals surface area (Å²) in [5.41, 5.74) is 2.96. The summed E-state index contributed by atoms with van der Waals surface area (Å²) in [6.45, 7) is 7.40. The Balaban J connectivity index is 1.79. The Morgan fingerprint density at radius 2 is 1.65 bits per heavy atom. The number of imide groups is 1. The number of amides is 2. The molecule has 4 rings (SSSR count). The quantitative estimate of drug-likeness (QED) is 0.666. The summed E-state index contributed by atoms with van der Waals surface area (Å²) in [5.74, 6) is 0.132. The predicted octanol–water partition coefficient (Wildman–Crippen LogP) is 3.58. The molecule has 0 aliphatic carbocycles. The fourth-order valence-corrected chi connectivity index (χ4v) is 4.30. The minimum Gasteiger partial charge on any atom is -0.494 e. The number of benzene rings is 2. The lowest BCUT2D eigenvalue weighted by Gasteiger charge is -2.34. The minimum absolute atomic E-state index is 0.288. The van der Waals surface area contributed by atoms with E-state index < -0.39 is 0 Å². The van der Waals surface area contributed by atoms with Crippen molar-refractivity contribution in [2.24, 2.45) is 0 Å². The molecule has 0 aromatic heterocycles. The van der Waals surface area contributed by atoms with Crippen molar-refractivity contribution in [3.8, 4) is 5.75 Å². The molecule has 0 unspecified atom stereocenters. The summed E-state index contributed by atoms with van der Waals surface area (Å²) in [6.07, 6.45) is 0. The number of hydrogen-bond acceptors (Lipinski definition) is 5. The number of anilines is 1. The van der Waals surface area contributed by atoms with E-state index in [1.165, 1.54) is 4.90 Å². The molecule has 7 heteroatoms. The van der Waals surface area contributed by atoms with Gasteiger partial charge < -0.3 is 14.5 Å². The predicted molar refractivity (Wildman–Crippen MR) is 122 cm³/mol. The lowest BCUT2D eigenvalue weighted by atomic mass is 10.0. The lowest BCUT2D eigenvalue weighted by Crippen LogP contribution is -2.46. The first-order valence-electron chi connectivity index (χ1n) is 10.5. The molecule has 2 heterocycles. The van der Waals surface area contributed by atoms with E-state index in [4.69, 9.17) is 16.3 Å². The molecule has 1 fully saturated rings. The van der Waals surface area contributed by atoms with Crippen LogP contribution < -0.4 is 9.64 Å². The van der Waals surface area contributed by atoms with E-state index in [0.29, 0.717) is 47.2 Å². The van der Waals surface area contributed by atoms with E-state index in [0.717, 1.165) is 24.4 Å². The SMILES string of the molecule is CCOc1ccc(C2=C(N3CCN(C)CC3)C(=O)N(c3ccc(Cl)cc3C)C2=O)cc1. The molecule has 2 aliphatic heterocycles. The van der Waals surface area contributed by atoms with Crippen molar-refractivity contribution in [3.63, 3.8) is 0 Å². The fourth-order valence-electron chi connectivity index (χ4n) is 4.07. The number of nitrogens with zero attached hydrogens (tertiary/aromatic N) is 3. The smallest absolute Gasteiger partial charge is 0.282 e. The molecule has 2 amide bonds. The molecule has 2 aromatic carbocycles. The maximum Gasteiger partial charge on any atom is 0.282 e. The third kappa shape index (κ3) is 4.05. The van der Waals surface area contributed by atoms with Gasteiger partial charge in [-0.05, 0) is 62.4 Å². The molecule has 6 nitrogen and oxygen atoms in total. The van der Waals surface area contributed by atoms with Crippen molar-refractivity contribution >= 4 is 34.7 Å². The molecule has 1 saturated heterocycles. The summed E-state index contributed by atoms with van der Waals surface area (Å²) in [7, 11) is 2.06. The maximum absolute atomic E-state index is 13.6. The van der Waals surface area contributed by atoms with E-state index in [1.807, 2.05) is 43.0 Å². The number of likely N-dealkylation sites (N-methyl/N-ethyl adjacent to an activating group) is 1. The number of ether oxygens (including phenoxy) is 1. The van der Waals surface area contributed by atoms with E-state index in [1.54, 1.807) is 18.2 Å². The Morgan fingerprint density at radius 1 is 0.968 bits per heavy atom.